The molecule has 1 aliphatic heterocycles. The van der Waals surface area contributed by atoms with Gasteiger partial charge in [-0.2, -0.15) is 11.8 Å². The van der Waals surface area contributed by atoms with E-state index < -0.39 is 0 Å². The number of carbonyl (C=O) groups is 1. The van der Waals surface area contributed by atoms with E-state index >= 15 is 0 Å². The van der Waals surface area contributed by atoms with Crippen molar-refractivity contribution in [3.63, 3.8) is 0 Å². The molecule has 20 heavy (non-hydrogen) atoms. The number of aliphatic hydroxyl groups excluding tert-OH is 1. The van der Waals surface area contributed by atoms with Crippen molar-refractivity contribution in [1.82, 2.24) is 5.32 Å². The van der Waals surface area contributed by atoms with Crippen molar-refractivity contribution in [3.8, 4) is 0 Å². The minimum Gasteiger partial charge on any atom is -0.396 e. The molecular weight excluding hydrogens is 290 g/mol. The Bertz CT molecular complexity index is 416. The average Bonchev–Trinajstić information content (AvgIpc) is 2.89. The van der Waals surface area contributed by atoms with E-state index in [1.54, 1.807) is 11.3 Å². The summed E-state index contributed by atoms with van der Waals surface area (Å²) < 4.78 is 0. The molecule has 2 heterocycles. The van der Waals surface area contributed by atoms with Crippen molar-refractivity contribution < 1.29 is 9.90 Å². The zero-order valence-corrected chi connectivity index (χ0v) is 13.6. The van der Waals surface area contributed by atoms with Crippen LogP contribution in [0, 0.1) is 5.92 Å². The molecule has 2 N–H and O–H groups in total. The molecule has 3 nitrogen and oxygen atoms in total. The van der Waals surface area contributed by atoms with E-state index in [1.807, 2.05) is 11.8 Å². The highest BCUT2D eigenvalue weighted by atomic mass is 32.2. The Hall–Kier alpha value is -0.520. The van der Waals surface area contributed by atoms with Crippen LogP contribution in [0.25, 0.3) is 0 Å². The Morgan fingerprint density at radius 1 is 1.50 bits per heavy atom. The molecule has 2 rings (SSSR count). The Labute approximate surface area is 129 Å². The molecule has 1 atom stereocenters. The lowest BCUT2D eigenvalue weighted by Gasteiger charge is -2.15. The van der Waals surface area contributed by atoms with Crippen molar-refractivity contribution in [3.05, 3.63) is 21.4 Å². The third-order valence-electron chi connectivity index (χ3n) is 3.64. The summed E-state index contributed by atoms with van der Waals surface area (Å²) >= 11 is 3.59. The zero-order chi connectivity index (χ0) is 14.4. The molecule has 0 bridgehead atoms. The van der Waals surface area contributed by atoms with Gasteiger partial charge in [-0.05, 0) is 42.6 Å². The number of thiophene rings is 1. The van der Waals surface area contributed by atoms with Crippen LogP contribution in [0.1, 0.15) is 46.3 Å². The molecule has 0 aliphatic carbocycles. The molecule has 5 heteroatoms. The molecule has 0 spiro atoms. The first kappa shape index (κ1) is 15.9. The van der Waals surface area contributed by atoms with Crippen LogP contribution in [-0.4, -0.2) is 29.9 Å². The van der Waals surface area contributed by atoms with Gasteiger partial charge in [0.15, 0.2) is 0 Å². The van der Waals surface area contributed by atoms with Gasteiger partial charge in [0.1, 0.15) is 0 Å². The number of hydrogen-bond acceptors (Lipinski definition) is 4. The van der Waals surface area contributed by atoms with Gasteiger partial charge in [-0.15, -0.1) is 11.3 Å². The number of aryl methyl sites for hydroxylation is 1. The van der Waals surface area contributed by atoms with Crippen LogP contribution < -0.4 is 5.32 Å². The van der Waals surface area contributed by atoms with Crippen LogP contribution in [0.5, 0.6) is 0 Å². The summed E-state index contributed by atoms with van der Waals surface area (Å²) in [5.41, 5.74) is 1.34. The summed E-state index contributed by atoms with van der Waals surface area (Å²) in [6, 6.07) is 2.06. The maximum Gasteiger partial charge on any atom is 0.261 e. The molecule has 0 radical (unpaired) electrons. The molecule has 0 saturated heterocycles. The van der Waals surface area contributed by atoms with Crippen LogP contribution in [0.15, 0.2) is 6.07 Å². The number of rotatable bonds is 7. The first-order valence-corrected chi connectivity index (χ1v) is 9.30. The highest BCUT2D eigenvalue weighted by Crippen LogP contribution is 2.31. The number of nitrogens with one attached hydrogen (secondary N) is 1. The topological polar surface area (TPSA) is 49.3 Å². The first-order valence-electron chi connectivity index (χ1n) is 7.33. The second-order valence-corrected chi connectivity index (χ2v) is 7.48. The molecule has 1 aliphatic rings. The highest BCUT2D eigenvalue weighted by molar-refractivity contribution is 7.98. The predicted octanol–water partition coefficient (Wildman–Crippen LogP) is 3.07. The van der Waals surface area contributed by atoms with Gasteiger partial charge in [0.05, 0.1) is 4.88 Å². The summed E-state index contributed by atoms with van der Waals surface area (Å²) in [7, 11) is 0. The number of amides is 1. The van der Waals surface area contributed by atoms with Crippen LogP contribution in [0.2, 0.25) is 0 Å². The Morgan fingerprint density at radius 2 is 2.35 bits per heavy atom. The lowest BCUT2D eigenvalue weighted by Crippen LogP contribution is -2.29. The molecule has 112 valence electrons. The number of fused-ring (bicyclic) bond motifs is 1. The molecule has 1 aromatic rings. The maximum atomic E-state index is 12.2. The minimum absolute atomic E-state index is 0.0495. The van der Waals surface area contributed by atoms with E-state index in [9.17, 15) is 4.79 Å². The number of carbonyl (C=O) groups excluding carboxylic acids is 1. The monoisotopic (exact) mass is 313 g/mol. The lowest BCUT2D eigenvalue weighted by atomic mass is 10.0. The van der Waals surface area contributed by atoms with E-state index in [4.69, 9.17) is 5.11 Å². The largest absolute Gasteiger partial charge is 0.396 e. The second-order valence-electron chi connectivity index (χ2n) is 5.24. The normalized spacial score (nSPS) is 15.7. The number of thioether (sulfide) groups is 1. The number of hydrogen-bond donors (Lipinski definition) is 2. The standard InChI is InChI=1S/C15H23NO2S2/c1-2-3-11(4-6-17)9-16-15(18)14-8-12-10-19-7-5-13(12)20-14/h8,11,17H,2-7,9-10H2,1H3,(H,16,18). The van der Waals surface area contributed by atoms with E-state index in [1.165, 1.54) is 16.2 Å². The molecular formula is C15H23NO2S2. The van der Waals surface area contributed by atoms with Gasteiger partial charge in [0, 0.05) is 23.8 Å². The van der Waals surface area contributed by atoms with Gasteiger partial charge in [-0.25, -0.2) is 0 Å². The maximum absolute atomic E-state index is 12.2. The minimum atomic E-state index is 0.0495. The van der Waals surface area contributed by atoms with E-state index in [2.05, 4.69) is 18.3 Å². The van der Waals surface area contributed by atoms with Gasteiger partial charge in [-0.1, -0.05) is 13.3 Å². The lowest BCUT2D eigenvalue weighted by molar-refractivity contribution is 0.0947. The number of aliphatic hydroxyl groups is 1. The summed E-state index contributed by atoms with van der Waals surface area (Å²) in [5, 5.41) is 12.1. The molecule has 0 fully saturated rings. The Kier molecular flexibility index (Phi) is 6.39. The second kappa shape index (κ2) is 8.05. The van der Waals surface area contributed by atoms with Gasteiger partial charge in [-0.3, -0.25) is 4.79 Å². The molecule has 0 saturated carbocycles. The first-order chi connectivity index (χ1) is 9.74. The van der Waals surface area contributed by atoms with Crippen LogP contribution in [0.4, 0.5) is 0 Å². The average molecular weight is 313 g/mol. The quantitative estimate of drug-likeness (QED) is 0.813. The van der Waals surface area contributed by atoms with Gasteiger partial charge in [0.2, 0.25) is 0 Å². The SMILES string of the molecule is CCCC(CCO)CNC(=O)c1cc2c(s1)CCSC2. The fourth-order valence-corrected chi connectivity index (χ4v) is 4.81. The van der Waals surface area contributed by atoms with Gasteiger partial charge >= 0.3 is 0 Å². The van der Waals surface area contributed by atoms with Gasteiger partial charge in [0.25, 0.3) is 5.91 Å². The van der Waals surface area contributed by atoms with E-state index in [-0.39, 0.29) is 12.5 Å². The summed E-state index contributed by atoms with van der Waals surface area (Å²) in [5.74, 6) is 2.65. The summed E-state index contributed by atoms with van der Waals surface area (Å²) in [6.45, 7) is 3.01. The van der Waals surface area contributed by atoms with Crippen molar-refractivity contribution >= 4 is 29.0 Å². The molecule has 1 unspecified atom stereocenters. The highest BCUT2D eigenvalue weighted by Gasteiger charge is 2.18. The van der Waals surface area contributed by atoms with Crippen molar-refractivity contribution in [1.29, 1.82) is 0 Å². The van der Waals surface area contributed by atoms with E-state index in [0.29, 0.717) is 12.5 Å². The van der Waals surface area contributed by atoms with Crippen LogP contribution in [-0.2, 0) is 12.2 Å². The van der Waals surface area contributed by atoms with Crippen molar-refractivity contribution in [2.24, 2.45) is 5.92 Å². The molecule has 1 amide bonds. The van der Waals surface area contributed by atoms with Crippen molar-refractivity contribution in [2.45, 2.75) is 38.4 Å². The summed E-state index contributed by atoms with van der Waals surface area (Å²) in [6.07, 6.45) is 4.01. The predicted molar refractivity (Wildman–Crippen MR) is 86.6 cm³/mol. The van der Waals surface area contributed by atoms with E-state index in [0.717, 1.165) is 36.3 Å². The smallest absolute Gasteiger partial charge is 0.261 e. The summed E-state index contributed by atoms with van der Waals surface area (Å²) in [4.78, 5) is 14.4. The van der Waals surface area contributed by atoms with Crippen LogP contribution in [0.3, 0.4) is 0 Å². The van der Waals surface area contributed by atoms with Crippen LogP contribution >= 0.6 is 23.1 Å². The Morgan fingerprint density at radius 3 is 3.05 bits per heavy atom. The fourth-order valence-electron chi connectivity index (χ4n) is 2.52. The fraction of sp³-hybridized carbons (Fsp3) is 0.667. The third-order valence-corrected chi connectivity index (χ3v) is 5.88. The Balaban J connectivity index is 1.89. The zero-order valence-electron chi connectivity index (χ0n) is 12.0. The van der Waals surface area contributed by atoms with Gasteiger partial charge < -0.3 is 10.4 Å². The third kappa shape index (κ3) is 4.24. The van der Waals surface area contributed by atoms with Crippen molar-refractivity contribution in [2.75, 3.05) is 18.9 Å². The molecule has 0 aromatic carbocycles. The molecule has 1 aromatic heterocycles.